The Morgan fingerprint density at radius 1 is 1.23 bits per heavy atom. The van der Waals surface area contributed by atoms with Crippen molar-refractivity contribution in [2.45, 2.75) is 36.9 Å². The zero-order chi connectivity index (χ0) is 28.3. The molecule has 1 amide bonds. The van der Waals surface area contributed by atoms with Crippen LogP contribution in [0, 0.1) is 23.6 Å². The monoisotopic (exact) mass is 542 g/mol. The molecule has 39 heavy (non-hydrogen) atoms. The summed E-state index contributed by atoms with van der Waals surface area (Å²) in [6, 6.07) is -1.37. The minimum absolute atomic E-state index is 0.0205. The van der Waals surface area contributed by atoms with E-state index >= 15 is 4.39 Å². The number of carbonyl (C=O) groups excluding carboxylic acids is 3. The molecule has 1 aromatic carbocycles. The number of aromatic hydroxyl groups is 1. The molecule has 1 fully saturated rings. The van der Waals surface area contributed by atoms with E-state index in [9.17, 15) is 34.8 Å². The molecule has 2 aliphatic heterocycles. The molecule has 0 saturated carbocycles. The van der Waals surface area contributed by atoms with E-state index in [2.05, 4.69) is 5.32 Å². The van der Waals surface area contributed by atoms with Crippen LogP contribution in [-0.2, 0) is 16.0 Å². The zero-order valence-corrected chi connectivity index (χ0v) is 21.8. The number of hydrogen-bond acceptors (Lipinski definition) is 10. The number of phenols is 1. The number of nitrogens with zero attached hydrogens (tertiary/aromatic N) is 2. The van der Waals surface area contributed by atoms with E-state index in [1.54, 1.807) is 14.1 Å². The van der Waals surface area contributed by atoms with Crippen LogP contribution in [-0.4, -0.2) is 93.6 Å². The molecule has 11 nitrogen and oxygen atoms in total. The molecule has 0 aromatic heterocycles. The lowest BCUT2D eigenvalue weighted by atomic mass is 9.58. The number of aliphatic hydroxyl groups excluding tert-OH is 2. The van der Waals surface area contributed by atoms with Crippen LogP contribution in [0.4, 0.5) is 10.1 Å². The highest BCUT2D eigenvalue weighted by Crippen LogP contribution is 2.55. The lowest BCUT2D eigenvalue weighted by Crippen LogP contribution is -2.63. The normalized spacial score (nSPS) is 33.8. The van der Waals surface area contributed by atoms with Gasteiger partial charge in [0.05, 0.1) is 17.3 Å². The molecule has 2 unspecified atom stereocenters. The van der Waals surface area contributed by atoms with E-state index in [1.165, 1.54) is 4.90 Å². The van der Waals surface area contributed by atoms with E-state index in [0.717, 1.165) is 13.0 Å². The van der Waals surface area contributed by atoms with Gasteiger partial charge in [-0.3, -0.25) is 24.2 Å². The summed E-state index contributed by atoms with van der Waals surface area (Å²) in [5, 5.41) is 48.3. The van der Waals surface area contributed by atoms with Crippen LogP contribution in [0.5, 0.6) is 5.75 Å². The van der Waals surface area contributed by atoms with Crippen LogP contribution in [0.1, 0.15) is 40.4 Å². The Bertz CT molecular complexity index is 1440. The van der Waals surface area contributed by atoms with Gasteiger partial charge in [-0.05, 0) is 58.8 Å². The maximum Gasteiger partial charge on any atom is 0.255 e. The predicted molar refractivity (Wildman–Crippen MR) is 136 cm³/mol. The van der Waals surface area contributed by atoms with Crippen LogP contribution >= 0.6 is 0 Å². The minimum Gasteiger partial charge on any atom is -0.510 e. The number of allylic oxidation sites excluding steroid dienone is 1. The molecule has 208 valence electrons. The number of anilines is 1. The molecule has 0 radical (unpaired) electrons. The molecule has 0 spiro atoms. The Labute approximate surface area is 223 Å². The van der Waals surface area contributed by atoms with Crippen LogP contribution in [0.3, 0.4) is 0 Å². The number of ketones is 2. The number of likely N-dealkylation sites (N-methyl/N-ethyl adjacent to an activating group) is 1. The van der Waals surface area contributed by atoms with Gasteiger partial charge in [-0.15, -0.1) is 0 Å². The molecule has 6 rings (SSSR count). The summed E-state index contributed by atoms with van der Waals surface area (Å²) in [5.74, 6) is -7.99. The van der Waals surface area contributed by atoms with Gasteiger partial charge in [-0.2, -0.15) is 0 Å². The lowest BCUT2D eigenvalue weighted by molar-refractivity contribution is -0.148. The molecule has 1 aromatic rings. The van der Waals surface area contributed by atoms with Gasteiger partial charge in [-0.1, -0.05) is 0 Å². The Morgan fingerprint density at radius 3 is 2.56 bits per heavy atom. The third kappa shape index (κ3) is 3.10. The molecule has 12 heteroatoms. The number of rotatable bonds is 2. The summed E-state index contributed by atoms with van der Waals surface area (Å²) in [6.07, 6.45) is 0.688. The van der Waals surface area contributed by atoms with Gasteiger partial charge < -0.3 is 31.5 Å². The molecule has 0 bridgehead atoms. The number of Topliss-reactive ketones (excluding diaryl/α,β-unsaturated/α-hetero) is 2. The summed E-state index contributed by atoms with van der Waals surface area (Å²) in [6.45, 7) is 1.26. The fourth-order valence-electron chi connectivity index (χ4n) is 7.75. The number of fused-ring (bicyclic) bond motifs is 6. The van der Waals surface area contributed by atoms with Crippen LogP contribution < -0.4 is 11.1 Å². The molecule has 1 saturated heterocycles. The van der Waals surface area contributed by atoms with Crippen molar-refractivity contribution in [2.75, 3.05) is 39.5 Å². The van der Waals surface area contributed by atoms with Gasteiger partial charge >= 0.3 is 0 Å². The van der Waals surface area contributed by atoms with Crippen molar-refractivity contribution in [3.63, 3.8) is 0 Å². The van der Waals surface area contributed by atoms with Gasteiger partial charge in [0.1, 0.15) is 22.9 Å². The van der Waals surface area contributed by atoms with Crippen LogP contribution in [0.2, 0.25) is 0 Å². The second kappa shape index (κ2) is 8.26. The average molecular weight is 543 g/mol. The maximum atomic E-state index is 16.3. The average Bonchev–Trinajstić information content (AvgIpc) is 3.24. The lowest BCUT2D eigenvalue weighted by Gasteiger charge is -2.50. The number of nitrogens with two attached hydrogens (primary N) is 1. The fourth-order valence-corrected chi connectivity index (χ4v) is 7.75. The molecule has 3 aliphatic carbocycles. The quantitative estimate of drug-likeness (QED) is 0.230. The molecule has 2 heterocycles. The molecule has 5 aliphatic rings. The first-order valence-electron chi connectivity index (χ1n) is 13.0. The molecular formula is C27H31FN4O7. The summed E-state index contributed by atoms with van der Waals surface area (Å²) in [5.41, 5.74) is 1.58. The maximum absolute atomic E-state index is 16.3. The Morgan fingerprint density at radius 2 is 1.92 bits per heavy atom. The standard InChI is InChI=1S/C27H31FN4O7/c1-31(2)20-12-7-10-6-11-14(22(34)18-15(17(11)28)19-9(8-30-18)4-5-32(19)3)21(33)13(10)24(36)27(12,39)25(37)16(23(20)35)26(29)38/h9-10,12,19-20,30,34-36,39H,4-8H2,1-3H3,(H2,29,38)/t9?,10-,12-,19?,20-,27-/m0/s1. The number of carbonyl (C=O) groups is 3. The van der Waals surface area contributed by atoms with Crippen molar-refractivity contribution in [1.29, 1.82) is 0 Å². The van der Waals surface area contributed by atoms with Crippen molar-refractivity contribution < 1.29 is 39.2 Å². The predicted octanol–water partition coefficient (Wildman–Crippen LogP) is 0.678. The number of hydrogen-bond donors (Lipinski definition) is 6. The number of amides is 1. The van der Waals surface area contributed by atoms with Gasteiger partial charge in [0.25, 0.3) is 5.91 Å². The summed E-state index contributed by atoms with van der Waals surface area (Å²) in [4.78, 5) is 42.8. The van der Waals surface area contributed by atoms with Gasteiger partial charge in [-0.25, -0.2) is 4.39 Å². The van der Waals surface area contributed by atoms with E-state index in [-0.39, 0.29) is 47.2 Å². The van der Waals surface area contributed by atoms with E-state index in [0.29, 0.717) is 12.1 Å². The first kappa shape index (κ1) is 25.8. The van der Waals surface area contributed by atoms with Crippen LogP contribution in [0.15, 0.2) is 22.7 Å². The second-order valence-corrected chi connectivity index (χ2v) is 11.6. The number of aliphatic hydroxyl groups is 3. The van der Waals surface area contributed by atoms with E-state index < -0.39 is 69.6 Å². The number of nitrogens with one attached hydrogen (secondary N) is 1. The SMILES string of the molecule is CN1CCC2CNc3c(O)c4c(c(F)c3C21)C[C@H]1C[C@H]2[C@H](N(C)C)C(O)=C(C(N)=O)C(=O)[C@@]2(O)C(O)=C1C4=O. The third-order valence-electron chi connectivity index (χ3n) is 9.47. The summed E-state index contributed by atoms with van der Waals surface area (Å²) in [7, 11) is 5.00. The van der Waals surface area contributed by atoms with Crippen molar-refractivity contribution in [3.05, 3.63) is 45.2 Å². The number of likely N-dealkylation sites (tertiary alicyclic amines) is 1. The number of primary amides is 1. The first-order chi connectivity index (χ1) is 18.3. The number of benzene rings is 1. The number of halogens is 1. The van der Waals surface area contributed by atoms with Crippen molar-refractivity contribution >= 4 is 23.2 Å². The second-order valence-electron chi connectivity index (χ2n) is 11.6. The highest BCUT2D eigenvalue weighted by atomic mass is 19.1. The third-order valence-corrected chi connectivity index (χ3v) is 9.47. The van der Waals surface area contributed by atoms with E-state index in [1.807, 2.05) is 11.9 Å². The Balaban J connectivity index is 1.55. The zero-order valence-electron chi connectivity index (χ0n) is 21.8. The minimum atomic E-state index is -2.73. The highest BCUT2D eigenvalue weighted by Gasteiger charge is 2.63. The number of phenolic OH excluding ortho intramolecular Hbond substituents is 1. The highest BCUT2D eigenvalue weighted by molar-refractivity contribution is 6.25. The van der Waals surface area contributed by atoms with Crippen molar-refractivity contribution in [1.82, 2.24) is 9.80 Å². The molecular weight excluding hydrogens is 511 g/mol. The van der Waals surface area contributed by atoms with E-state index in [4.69, 9.17) is 5.73 Å². The molecule has 7 N–H and O–H groups in total. The van der Waals surface area contributed by atoms with Crippen molar-refractivity contribution in [2.24, 2.45) is 23.5 Å². The fraction of sp³-hybridized carbons (Fsp3) is 0.519. The largest absolute Gasteiger partial charge is 0.510 e. The Hall–Kier alpha value is -3.48. The smallest absolute Gasteiger partial charge is 0.255 e. The van der Waals surface area contributed by atoms with Crippen molar-refractivity contribution in [3.8, 4) is 5.75 Å². The summed E-state index contributed by atoms with van der Waals surface area (Å²) < 4.78 is 16.3. The van der Waals surface area contributed by atoms with Gasteiger partial charge in [0, 0.05) is 35.2 Å². The topological polar surface area (TPSA) is 177 Å². The first-order valence-corrected chi connectivity index (χ1v) is 13.0. The van der Waals surface area contributed by atoms with Gasteiger partial charge in [0.15, 0.2) is 17.1 Å². The summed E-state index contributed by atoms with van der Waals surface area (Å²) >= 11 is 0. The molecule has 6 atom stereocenters. The Kier molecular flexibility index (Phi) is 5.46. The van der Waals surface area contributed by atoms with Gasteiger partial charge in [0.2, 0.25) is 5.78 Å². The van der Waals surface area contributed by atoms with Crippen LogP contribution in [0.25, 0.3) is 0 Å².